The zero-order chi connectivity index (χ0) is 43.6. The molecule has 0 aliphatic carbocycles. The van der Waals surface area contributed by atoms with E-state index in [2.05, 4.69) is 4.98 Å². The molecule has 1 aromatic carbocycles. The maximum absolute atomic E-state index is 14.7. The number of methoxy groups -OCH3 is 1. The second-order valence-electron chi connectivity index (χ2n) is 17.6. The lowest BCUT2D eigenvalue weighted by Gasteiger charge is -2.47. The zero-order valence-electron chi connectivity index (χ0n) is 36.6. The Morgan fingerprint density at radius 3 is 2.27 bits per heavy atom. The van der Waals surface area contributed by atoms with Crippen LogP contribution in [-0.2, 0) is 44.6 Å². The van der Waals surface area contributed by atoms with Crippen molar-refractivity contribution in [2.45, 2.75) is 148 Å². The van der Waals surface area contributed by atoms with E-state index < -0.39 is 83.4 Å². The van der Waals surface area contributed by atoms with Crippen LogP contribution in [0.25, 0.3) is 11.3 Å². The van der Waals surface area contributed by atoms with E-state index in [1.807, 2.05) is 74.8 Å². The van der Waals surface area contributed by atoms with Crippen molar-refractivity contribution in [2.75, 3.05) is 27.7 Å². The van der Waals surface area contributed by atoms with Crippen molar-refractivity contribution in [2.24, 2.45) is 23.7 Å². The number of likely N-dealkylation sites (N-methyl/N-ethyl adjacent to an activating group) is 1. The first-order valence-electron chi connectivity index (χ1n) is 21.0. The number of carbonyl (C=O) groups is 4. The zero-order valence-corrected chi connectivity index (χ0v) is 37.3. The van der Waals surface area contributed by atoms with Crippen LogP contribution in [0.5, 0.6) is 0 Å². The first-order chi connectivity index (χ1) is 27.8. The van der Waals surface area contributed by atoms with Gasteiger partial charge in [-0.2, -0.15) is 0 Å². The number of esters is 1. The number of Topliss-reactive ketones (excluding diaryl/α,β-unsaturated/α-hetero) is 2. The molecule has 328 valence electrons. The molecule has 1 amide bonds. The van der Waals surface area contributed by atoms with Gasteiger partial charge < -0.3 is 43.2 Å². The van der Waals surface area contributed by atoms with Crippen LogP contribution in [0.1, 0.15) is 87.5 Å². The summed E-state index contributed by atoms with van der Waals surface area (Å²) in [7, 11) is 5.24. The van der Waals surface area contributed by atoms with Crippen molar-refractivity contribution in [3.05, 3.63) is 41.8 Å². The molecule has 1 aromatic heterocycles. The van der Waals surface area contributed by atoms with Gasteiger partial charge in [-0.15, -0.1) is 0 Å². The molecule has 0 spiro atoms. The molecule has 5 rings (SSSR count). The van der Waals surface area contributed by atoms with Gasteiger partial charge in [0.1, 0.15) is 23.9 Å². The highest BCUT2D eigenvalue weighted by Gasteiger charge is 2.60. The topological polar surface area (TPSA) is 159 Å². The Morgan fingerprint density at radius 2 is 1.64 bits per heavy atom. The molecule has 2 aromatic rings. The lowest BCUT2D eigenvalue weighted by molar-refractivity contribution is -0.295. The normalized spacial score (nSPS) is 36.3. The summed E-state index contributed by atoms with van der Waals surface area (Å²) >= 11 is 6.06. The fourth-order valence-electron chi connectivity index (χ4n) is 9.54. The third-order valence-electron chi connectivity index (χ3n) is 13.0. The summed E-state index contributed by atoms with van der Waals surface area (Å²) in [5.74, 6) is -4.97. The van der Waals surface area contributed by atoms with Crippen LogP contribution in [0.2, 0.25) is 5.02 Å². The largest absolute Gasteiger partial charge is 0.458 e. The molecular formula is C44H65ClN4O10. The fraction of sp³-hybridized carbons (Fsp3) is 0.705. The number of cyclic esters (lactones) is 1. The van der Waals surface area contributed by atoms with Crippen LogP contribution in [-0.4, -0.2) is 130 Å². The van der Waals surface area contributed by atoms with E-state index in [-0.39, 0.29) is 30.8 Å². The summed E-state index contributed by atoms with van der Waals surface area (Å²) in [4.78, 5) is 64.9. The Balaban J connectivity index is 1.43. The van der Waals surface area contributed by atoms with E-state index in [1.54, 1.807) is 38.9 Å². The number of ether oxygens (including phenoxy) is 5. The van der Waals surface area contributed by atoms with E-state index in [0.717, 1.165) is 11.3 Å². The number of aliphatic hydroxyl groups excluding tert-OH is 1. The lowest BCUT2D eigenvalue weighted by Crippen LogP contribution is -2.60. The second kappa shape index (κ2) is 19.1. The van der Waals surface area contributed by atoms with Crippen LogP contribution in [0.15, 0.2) is 36.8 Å². The molecule has 0 bridgehead atoms. The first kappa shape index (κ1) is 46.7. The SMILES string of the molecule is CC[C@@H]1OC(=O)[C@H](C)C(=O)[C@H](C)[C@@H](O[C@@H]2O[C@H](C)C[C@H](N(C)C)[C@H]2O)[C@](C)(OC)C[C@@H](C)C(=O)[C@@H](C)[C@H]2N(CCCCn3cnc(-c4ccc(Cl)cc4)c3)C(=O)O[C@]12C. The number of imidazole rings is 1. The van der Waals surface area contributed by atoms with Crippen LogP contribution in [0.3, 0.4) is 0 Å². The number of amides is 1. The van der Waals surface area contributed by atoms with Crippen LogP contribution < -0.4 is 0 Å². The van der Waals surface area contributed by atoms with Gasteiger partial charge >= 0.3 is 12.1 Å². The predicted molar refractivity (Wildman–Crippen MR) is 221 cm³/mol. The van der Waals surface area contributed by atoms with E-state index in [9.17, 15) is 24.3 Å². The Labute approximate surface area is 354 Å². The summed E-state index contributed by atoms with van der Waals surface area (Å²) in [5, 5.41) is 12.1. The van der Waals surface area contributed by atoms with Crippen LogP contribution >= 0.6 is 11.6 Å². The smallest absolute Gasteiger partial charge is 0.410 e. The molecule has 0 saturated carbocycles. The van der Waals surface area contributed by atoms with Gasteiger partial charge in [0.25, 0.3) is 0 Å². The minimum atomic E-state index is -1.41. The molecule has 3 saturated heterocycles. The molecule has 13 atom stereocenters. The van der Waals surface area contributed by atoms with Gasteiger partial charge in [-0.05, 0) is 86.0 Å². The molecule has 3 aliphatic heterocycles. The number of aromatic nitrogens is 2. The number of fused-ring (bicyclic) bond motifs is 1. The van der Waals surface area contributed by atoms with Crippen LogP contribution in [0, 0.1) is 23.7 Å². The van der Waals surface area contributed by atoms with Gasteiger partial charge in [-0.1, -0.05) is 51.4 Å². The predicted octanol–water partition coefficient (Wildman–Crippen LogP) is 6.19. The van der Waals surface area contributed by atoms with E-state index in [1.165, 1.54) is 14.0 Å². The number of rotatable bonds is 11. The van der Waals surface area contributed by atoms with Gasteiger partial charge in [-0.25, -0.2) is 9.78 Å². The quantitative estimate of drug-likeness (QED) is 0.156. The molecule has 4 heterocycles. The third-order valence-corrected chi connectivity index (χ3v) is 13.3. The monoisotopic (exact) mass is 844 g/mol. The van der Waals surface area contributed by atoms with Crippen molar-refractivity contribution < 1.29 is 48.0 Å². The molecule has 3 fully saturated rings. The Kier molecular flexibility index (Phi) is 15.1. The molecule has 15 heteroatoms. The number of hydrogen-bond acceptors (Lipinski definition) is 12. The lowest BCUT2D eigenvalue weighted by atomic mass is 9.73. The number of benzene rings is 1. The number of unbranched alkanes of at least 4 members (excludes halogenated alkanes) is 1. The number of carbonyl (C=O) groups excluding carboxylic acids is 4. The van der Waals surface area contributed by atoms with E-state index in [0.29, 0.717) is 37.4 Å². The molecule has 3 aliphatic rings. The second-order valence-corrected chi connectivity index (χ2v) is 18.0. The summed E-state index contributed by atoms with van der Waals surface area (Å²) in [5.41, 5.74) is -0.904. The number of aryl methyl sites for hydroxylation is 1. The van der Waals surface area contributed by atoms with Gasteiger partial charge in [-0.3, -0.25) is 14.4 Å². The number of hydrogen-bond donors (Lipinski definition) is 1. The average molecular weight is 845 g/mol. The highest BCUT2D eigenvalue weighted by atomic mass is 35.5. The number of ketones is 2. The van der Waals surface area contributed by atoms with E-state index in [4.69, 9.17) is 35.3 Å². The highest BCUT2D eigenvalue weighted by molar-refractivity contribution is 6.30. The molecular weight excluding hydrogens is 780 g/mol. The molecule has 0 radical (unpaired) electrons. The summed E-state index contributed by atoms with van der Waals surface area (Å²) in [6.45, 7) is 14.9. The number of aliphatic hydroxyl groups is 1. The molecule has 0 unspecified atom stereocenters. The number of halogens is 1. The van der Waals surface area contributed by atoms with Gasteiger partial charge in [0, 0.05) is 60.8 Å². The van der Waals surface area contributed by atoms with E-state index >= 15 is 0 Å². The van der Waals surface area contributed by atoms with Gasteiger partial charge in [0.05, 0.1) is 35.9 Å². The highest BCUT2D eigenvalue weighted by Crippen LogP contribution is 2.43. The first-order valence-corrected chi connectivity index (χ1v) is 21.4. The summed E-state index contributed by atoms with van der Waals surface area (Å²) in [6.07, 6.45) is 0.947. The maximum atomic E-state index is 14.7. The summed E-state index contributed by atoms with van der Waals surface area (Å²) in [6, 6.07) is 6.40. The van der Waals surface area contributed by atoms with Crippen molar-refractivity contribution in [1.82, 2.24) is 19.4 Å². The minimum absolute atomic E-state index is 0.127. The Bertz CT molecular complexity index is 1790. The summed E-state index contributed by atoms with van der Waals surface area (Å²) < 4.78 is 33.2. The van der Waals surface area contributed by atoms with Crippen molar-refractivity contribution in [3.63, 3.8) is 0 Å². The van der Waals surface area contributed by atoms with Crippen LogP contribution in [0.4, 0.5) is 4.79 Å². The Hall–Kier alpha value is -3.40. The van der Waals surface area contributed by atoms with Gasteiger partial charge in [0.2, 0.25) is 0 Å². The fourth-order valence-corrected chi connectivity index (χ4v) is 9.66. The van der Waals surface area contributed by atoms with Gasteiger partial charge in [0.15, 0.2) is 17.7 Å². The minimum Gasteiger partial charge on any atom is -0.458 e. The molecule has 14 nitrogen and oxygen atoms in total. The molecule has 1 N–H and O–H groups in total. The van der Waals surface area contributed by atoms with Crippen molar-refractivity contribution in [3.8, 4) is 11.3 Å². The number of nitrogens with zero attached hydrogens (tertiary/aromatic N) is 4. The standard InChI is InChI=1S/C44H65ClN4O10/c1-12-34-44(8)38(49(42(54)59-44)20-14-13-19-48-23-32(46-24-48)30-15-17-31(45)18-16-30)27(4)35(50)25(2)22-43(7,55-11)39(28(5)36(51)29(6)40(53)57-34)58-41-37(52)33(47(9)10)21-26(3)56-41/h15-18,23-29,33-34,37-39,41,52H,12-14,19-22H2,1-11H3/t25-,26-,27-,28+,29-,33+,34+,37-,38-,39-,41+,43-,44-/m1/s1. The van der Waals surface area contributed by atoms with Crippen molar-refractivity contribution >= 4 is 35.2 Å². The molecule has 59 heavy (non-hydrogen) atoms. The average Bonchev–Trinajstić information content (AvgIpc) is 3.77. The third kappa shape index (κ3) is 9.89. The Morgan fingerprint density at radius 1 is 0.983 bits per heavy atom. The van der Waals surface area contributed by atoms with Crippen molar-refractivity contribution in [1.29, 1.82) is 0 Å². The maximum Gasteiger partial charge on any atom is 0.410 e.